The zero-order chi connectivity index (χ0) is 27.1. The smallest absolute Gasteiger partial charge is 0.268 e. The molecule has 1 heterocycles. The fourth-order valence-corrected chi connectivity index (χ4v) is 4.68. The van der Waals surface area contributed by atoms with Crippen LogP contribution in [0.15, 0.2) is 90.0 Å². The van der Waals surface area contributed by atoms with Gasteiger partial charge in [-0.1, -0.05) is 53.5 Å². The number of halogens is 2. The van der Waals surface area contributed by atoms with E-state index >= 15 is 0 Å². The molecule has 0 aliphatic heterocycles. The van der Waals surface area contributed by atoms with Gasteiger partial charge >= 0.3 is 0 Å². The van der Waals surface area contributed by atoms with Crippen LogP contribution >= 0.6 is 23.2 Å². The summed E-state index contributed by atoms with van der Waals surface area (Å²) in [5.74, 6) is -0.00645. The molecule has 0 saturated carbocycles. The van der Waals surface area contributed by atoms with Gasteiger partial charge in [0.25, 0.3) is 15.9 Å². The Balaban J connectivity index is 1.57. The van der Waals surface area contributed by atoms with Crippen molar-refractivity contribution in [3.8, 4) is 5.75 Å². The monoisotopic (exact) mass is 570 g/mol. The molecule has 38 heavy (non-hydrogen) atoms. The molecule has 0 spiro atoms. The van der Waals surface area contributed by atoms with E-state index in [0.717, 1.165) is 12.0 Å². The van der Waals surface area contributed by atoms with E-state index in [-0.39, 0.29) is 22.8 Å². The molecule has 3 aromatic carbocycles. The standard InChI is InChI=1S/C27H24Cl2N4O4S/c1-33(16-15-19-5-3-2-4-6-19)27-30-17-24(25(31-27)18-37-22-11-7-20(28)8-12-22)26(34)32-38(35,36)23-13-9-21(29)10-14-23/h2-14,17H,15-16,18H2,1H3,(H,32,34). The Morgan fingerprint density at radius 1 is 0.947 bits per heavy atom. The summed E-state index contributed by atoms with van der Waals surface area (Å²) in [6, 6.07) is 22.2. The lowest BCUT2D eigenvalue weighted by molar-refractivity contribution is 0.0978. The van der Waals surface area contributed by atoms with Crippen molar-refractivity contribution in [2.75, 3.05) is 18.5 Å². The Labute approximate surface area is 231 Å². The van der Waals surface area contributed by atoms with Gasteiger partial charge < -0.3 is 9.64 Å². The lowest BCUT2D eigenvalue weighted by Gasteiger charge is -2.19. The van der Waals surface area contributed by atoms with Gasteiger partial charge in [-0.25, -0.2) is 23.1 Å². The van der Waals surface area contributed by atoms with Crippen molar-refractivity contribution < 1.29 is 17.9 Å². The summed E-state index contributed by atoms with van der Waals surface area (Å²) in [4.78, 5) is 23.7. The van der Waals surface area contributed by atoms with Crippen LogP contribution in [0.4, 0.5) is 5.95 Å². The number of hydrogen-bond donors (Lipinski definition) is 1. The van der Waals surface area contributed by atoms with E-state index in [1.807, 2.05) is 42.3 Å². The summed E-state index contributed by atoms with van der Waals surface area (Å²) in [7, 11) is -2.32. The van der Waals surface area contributed by atoms with E-state index < -0.39 is 15.9 Å². The van der Waals surface area contributed by atoms with Gasteiger partial charge in [-0.2, -0.15) is 0 Å². The molecule has 11 heteroatoms. The van der Waals surface area contributed by atoms with E-state index in [9.17, 15) is 13.2 Å². The number of nitrogens with zero attached hydrogens (tertiary/aromatic N) is 3. The van der Waals surface area contributed by atoms with Gasteiger partial charge in [0, 0.05) is 29.8 Å². The third-order valence-corrected chi connectivity index (χ3v) is 7.41. The van der Waals surface area contributed by atoms with Crippen LogP contribution in [0.2, 0.25) is 10.0 Å². The average Bonchev–Trinajstić information content (AvgIpc) is 2.92. The number of carbonyl (C=O) groups excluding carboxylic acids is 1. The second-order valence-electron chi connectivity index (χ2n) is 8.32. The lowest BCUT2D eigenvalue weighted by atomic mass is 10.1. The predicted octanol–water partition coefficient (Wildman–Crippen LogP) is 5.16. The molecule has 0 atom stereocenters. The van der Waals surface area contributed by atoms with Crippen molar-refractivity contribution in [2.45, 2.75) is 17.9 Å². The number of hydrogen-bond acceptors (Lipinski definition) is 7. The number of rotatable bonds is 10. The summed E-state index contributed by atoms with van der Waals surface area (Å²) in [6.07, 6.45) is 2.06. The second-order valence-corrected chi connectivity index (χ2v) is 10.9. The molecule has 0 radical (unpaired) electrons. The number of amides is 1. The van der Waals surface area contributed by atoms with E-state index in [1.165, 1.54) is 30.5 Å². The number of likely N-dealkylation sites (N-methyl/N-ethyl adjacent to an activating group) is 1. The number of sulfonamides is 1. The molecule has 0 aliphatic rings. The second kappa shape index (κ2) is 12.3. The molecule has 1 amide bonds. The largest absolute Gasteiger partial charge is 0.487 e. The number of aromatic nitrogens is 2. The van der Waals surface area contributed by atoms with Crippen LogP contribution in [0, 0.1) is 0 Å². The normalized spacial score (nSPS) is 11.1. The fourth-order valence-electron chi connectivity index (χ4n) is 3.46. The van der Waals surface area contributed by atoms with Gasteiger partial charge in [0.2, 0.25) is 5.95 Å². The quantitative estimate of drug-likeness (QED) is 0.281. The van der Waals surface area contributed by atoms with Crippen molar-refractivity contribution >= 4 is 45.1 Å². The Morgan fingerprint density at radius 2 is 1.58 bits per heavy atom. The Hall–Kier alpha value is -3.66. The third kappa shape index (κ3) is 7.22. The van der Waals surface area contributed by atoms with E-state index in [2.05, 4.69) is 14.7 Å². The highest BCUT2D eigenvalue weighted by molar-refractivity contribution is 7.90. The third-order valence-electron chi connectivity index (χ3n) is 5.56. The molecule has 1 N–H and O–H groups in total. The maximum atomic E-state index is 13.1. The molecule has 0 saturated heterocycles. The van der Waals surface area contributed by atoms with Crippen molar-refractivity contribution in [3.63, 3.8) is 0 Å². The highest BCUT2D eigenvalue weighted by atomic mass is 35.5. The molecular weight excluding hydrogens is 547 g/mol. The maximum absolute atomic E-state index is 13.1. The van der Waals surface area contributed by atoms with Gasteiger partial charge in [0.1, 0.15) is 12.4 Å². The minimum atomic E-state index is -4.16. The molecule has 8 nitrogen and oxygen atoms in total. The Kier molecular flexibility index (Phi) is 8.83. The molecule has 0 unspecified atom stereocenters. The van der Waals surface area contributed by atoms with Gasteiger partial charge in [0.05, 0.1) is 16.2 Å². The van der Waals surface area contributed by atoms with Crippen LogP contribution in [-0.4, -0.2) is 37.9 Å². The summed E-state index contributed by atoms with van der Waals surface area (Å²) in [5.41, 5.74) is 1.35. The van der Waals surface area contributed by atoms with Crippen molar-refractivity contribution in [2.24, 2.45) is 0 Å². The van der Waals surface area contributed by atoms with Crippen LogP contribution in [0.25, 0.3) is 0 Å². The molecule has 4 rings (SSSR count). The van der Waals surface area contributed by atoms with Gasteiger partial charge in [-0.3, -0.25) is 4.79 Å². The predicted molar refractivity (Wildman–Crippen MR) is 147 cm³/mol. The first-order chi connectivity index (χ1) is 18.2. The first kappa shape index (κ1) is 27.4. The van der Waals surface area contributed by atoms with E-state index in [4.69, 9.17) is 27.9 Å². The van der Waals surface area contributed by atoms with Crippen LogP contribution < -0.4 is 14.4 Å². The van der Waals surface area contributed by atoms with Crippen LogP contribution in [-0.2, 0) is 23.1 Å². The lowest BCUT2D eigenvalue weighted by Crippen LogP contribution is -2.32. The fraction of sp³-hybridized carbons (Fsp3) is 0.148. The van der Waals surface area contributed by atoms with Gasteiger partial charge in [-0.05, 0) is 60.5 Å². The number of benzene rings is 3. The summed E-state index contributed by atoms with van der Waals surface area (Å²) in [5, 5.41) is 0.923. The summed E-state index contributed by atoms with van der Waals surface area (Å²) < 4.78 is 33.4. The average molecular weight is 571 g/mol. The Morgan fingerprint density at radius 3 is 2.24 bits per heavy atom. The number of ether oxygens (including phenoxy) is 1. The Bertz CT molecular complexity index is 1500. The molecule has 196 valence electrons. The number of nitrogens with one attached hydrogen (secondary N) is 1. The van der Waals surface area contributed by atoms with Crippen LogP contribution in [0.5, 0.6) is 5.75 Å². The SMILES string of the molecule is CN(CCc1ccccc1)c1ncc(C(=O)NS(=O)(=O)c2ccc(Cl)cc2)c(COc2ccc(Cl)cc2)n1. The molecule has 4 aromatic rings. The van der Waals surface area contributed by atoms with Gasteiger partial charge in [-0.15, -0.1) is 0 Å². The molecule has 0 bridgehead atoms. The molecule has 0 aliphatic carbocycles. The topological polar surface area (TPSA) is 101 Å². The van der Waals surface area contributed by atoms with E-state index in [1.54, 1.807) is 24.3 Å². The first-order valence-corrected chi connectivity index (χ1v) is 13.8. The van der Waals surface area contributed by atoms with Crippen LogP contribution in [0.1, 0.15) is 21.6 Å². The summed E-state index contributed by atoms with van der Waals surface area (Å²) in [6.45, 7) is 0.519. The maximum Gasteiger partial charge on any atom is 0.268 e. The zero-order valence-electron chi connectivity index (χ0n) is 20.3. The first-order valence-electron chi connectivity index (χ1n) is 11.5. The van der Waals surface area contributed by atoms with Crippen molar-refractivity contribution in [1.82, 2.24) is 14.7 Å². The number of carbonyl (C=O) groups is 1. The van der Waals surface area contributed by atoms with Crippen LogP contribution in [0.3, 0.4) is 0 Å². The van der Waals surface area contributed by atoms with Crippen molar-refractivity contribution in [1.29, 1.82) is 0 Å². The summed E-state index contributed by atoms with van der Waals surface area (Å²) >= 11 is 11.8. The highest BCUT2D eigenvalue weighted by Gasteiger charge is 2.23. The minimum absolute atomic E-state index is 0.0308. The van der Waals surface area contributed by atoms with Crippen molar-refractivity contribution in [3.05, 3.63) is 112 Å². The highest BCUT2D eigenvalue weighted by Crippen LogP contribution is 2.20. The molecule has 1 aromatic heterocycles. The number of anilines is 1. The molecule has 0 fully saturated rings. The zero-order valence-corrected chi connectivity index (χ0v) is 22.7. The molecular formula is C27H24Cl2N4O4S. The van der Waals surface area contributed by atoms with E-state index in [0.29, 0.717) is 28.3 Å². The minimum Gasteiger partial charge on any atom is -0.487 e. The van der Waals surface area contributed by atoms with Gasteiger partial charge in [0.15, 0.2) is 0 Å².